The van der Waals surface area contributed by atoms with Crippen molar-refractivity contribution in [3.05, 3.63) is 41.4 Å². The second kappa shape index (κ2) is 5.69. The molecule has 2 aromatic rings. The summed E-state index contributed by atoms with van der Waals surface area (Å²) in [4.78, 5) is 15.4. The number of hydrogen-bond acceptors (Lipinski definition) is 3. The van der Waals surface area contributed by atoms with Gasteiger partial charge in [-0.1, -0.05) is 23.7 Å². The van der Waals surface area contributed by atoms with E-state index in [0.717, 1.165) is 11.3 Å². The smallest absolute Gasteiger partial charge is 0.220 e. The number of aromatic nitrogens is 1. The maximum absolute atomic E-state index is 11.1. The molecular formula is C13H13ClN2O2. The first kappa shape index (κ1) is 12.6. The van der Waals surface area contributed by atoms with E-state index in [4.69, 9.17) is 16.0 Å². The van der Waals surface area contributed by atoms with E-state index in [1.807, 2.05) is 12.1 Å². The first-order valence-electron chi connectivity index (χ1n) is 5.60. The van der Waals surface area contributed by atoms with Gasteiger partial charge in [-0.2, -0.15) is 0 Å². The van der Waals surface area contributed by atoms with Crippen LogP contribution in [0.4, 0.5) is 0 Å². The van der Waals surface area contributed by atoms with Crippen molar-refractivity contribution < 1.29 is 9.21 Å². The largest absolute Gasteiger partial charge is 0.448 e. The van der Waals surface area contributed by atoms with Crippen LogP contribution in [0, 0.1) is 0 Å². The lowest BCUT2D eigenvalue weighted by molar-refractivity contribution is -0.120. The van der Waals surface area contributed by atoms with Crippen LogP contribution in [0.1, 0.15) is 12.3 Å². The van der Waals surface area contributed by atoms with E-state index < -0.39 is 0 Å². The average molecular weight is 265 g/mol. The Bertz CT molecular complexity index is 534. The minimum absolute atomic E-state index is 0.0266. The molecule has 0 aliphatic carbocycles. The predicted octanol–water partition coefficient (Wildman–Crippen LogP) is 2.67. The molecule has 0 bridgehead atoms. The summed E-state index contributed by atoms with van der Waals surface area (Å²) in [6.07, 6.45) is 2.45. The molecule has 1 aromatic carbocycles. The number of nitrogens with zero attached hydrogens (tertiary/aromatic N) is 1. The number of amides is 1. The fourth-order valence-electron chi connectivity index (χ4n) is 1.52. The molecule has 1 N–H and O–H groups in total. The number of halogens is 1. The summed E-state index contributed by atoms with van der Waals surface area (Å²) in [7, 11) is 1.61. The van der Waals surface area contributed by atoms with Gasteiger partial charge in [0.05, 0.1) is 0 Å². The van der Waals surface area contributed by atoms with E-state index in [2.05, 4.69) is 10.3 Å². The Labute approximate surface area is 110 Å². The van der Waals surface area contributed by atoms with Gasteiger partial charge < -0.3 is 9.73 Å². The van der Waals surface area contributed by atoms with Crippen molar-refractivity contribution in [3.8, 4) is 11.3 Å². The molecule has 18 heavy (non-hydrogen) atoms. The second-order valence-corrected chi connectivity index (χ2v) is 4.24. The zero-order chi connectivity index (χ0) is 13.0. The third kappa shape index (κ3) is 3.11. The molecule has 0 spiro atoms. The van der Waals surface area contributed by atoms with Crippen LogP contribution in [-0.4, -0.2) is 17.9 Å². The van der Waals surface area contributed by atoms with Crippen LogP contribution >= 0.6 is 11.6 Å². The summed E-state index contributed by atoms with van der Waals surface area (Å²) in [5.41, 5.74) is 1.69. The van der Waals surface area contributed by atoms with Crippen molar-refractivity contribution in [3.63, 3.8) is 0 Å². The third-order valence-electron chi connectivity index (χ3n) is 2.54. The standard InChI is InChI=1S/C13H13ClN2O2/c1-15-12(17)6-7-13-16-11(8-18-13)9-2-4-10(14)5-3-9/h2-5,8H,6-7H2,1H3,(H,15,17). The number of carbonyl (C=O) groups is 1. The highest BCUT2D eigenvalue weighted by atomic mass is 35.5. The Kier molecular flexibility index (Phi) is 3.99. The number of aryl methyl sites for hydroxylation is 1. The van der Waals surface area contributed by atoms with E-state index in [9.17, 15) is 4.79 Å². The predicted molar refractivity (Wildman–Crippen MR) is 69.3 cm³/mol. The fraction of sp³-hybridized carbons (Fsp3) is 0.231. The quantitative estimate of drug-likeness (QED) is 0.924. The Morgan fingerprint density at radius 2 is 2.11 bits per heavy atom. The van der Waals surface area contributed by atoms with Crippen LogP contribution in [0.25, 0.3) is 11.3 Å². The summed E-state index contributed by atoms with van der Waals surface area (Å²) < 4.78 is 5.32. The molecule has 1 aromatic heterocycles. The molecule has 0 aliphatic rings. The Balaban J connectivity index is 2.06. The van der Waals surface area contributed by atoms with Crippen LogP contribution in [-0.2, 0) is 11.2 Å². The van der Waals surface area contributed by atoms with Crippen molar-refractivity contribution in [2.24, 2.45) is 0 Å². The van der Waals surface area contributed by atoms with Crippen molar-refractivity contribution in [2.75, 3.05) is 7.05 Å². The summed E-state index contributed by atoms with van der Waals surface area (Å²) in [6, 6.07) is 7.36. The van der Waals surface area contributed by atoms with Crippen LogP contribution in [0.15, 0.2) is 34.9 Å². The normalized spacial score (nSPS) is 10.3. The lowest BCUT2D eigenvalue weighted by atomic mass is 10.2. The van der Waals surface area contributed by atoms with Crippen LogP contribution in [0.5, 0.6) is 0 Å². The van der Waals surface area contributed by atoms with Crippen molar-refractivity contribution in [2.45, 2.75) is 12.8 Å². The molecule has 1 amide bonds. The van der Waals surface area contributed by atoms with Gasteiger partial charge in [0.2, 0.25) is 5.91 Å². The summed E-state index contributed by atoms with van der Waals surface area (Å²) in [5.74, 6) is 0.532. The van der Waals surface area contributed by atoms with Gasteiger partial charge in [0, 0.05) is 30.5 Å². The molecule has 0 atom stereocenters. The molecule has 0 radical (unpaired) electrons. The molecule has 0 saturated carbocycles. The molecule has 0 saturated heterocycles. The minimum atomic E-state index is -0.0266. The van der Waals surface area contributed by atoms with Gasteiger partial charge in [-0.05, 0) is 12.1 Å². The van der Waals surface area contributed by atoms with E-state index in [-0.39, 0.29) is 5.91 Å². The zero-order valence-electron chi connectivity index (χ0n) is 9.94. The van der Waals surface area contributed by atoms with Crippen LogP contribution in [0.3, 0.4) is 0 Å². The van der Waals surface area contributed by atoms with Gasteiger partial charge in [0.25, 0.3) is 0 Å². The average Bonchev–Trinajstić information content (AvgIpc) is 2.85. The molecule has 94 valence electrons. The Morgan fingerprint density at radius 1 is 1.39 bits per heavy atom. The van der Waals surface area contributed by atoms with Crippen molar-refractivity contribution in [1.29, 1.82) is 0 Å². The van der Waals surface area contributed by atoms with Gasteiger partial charge in [-0.25, -0.2) is 4.98 Å². The lowest BCUT2D eigenvalue weighted by Crippen LogP contribution is -2.17. The van der Waals surface area contributed by atoms with Gasteiger partial charge in [-0.15, -0.1) is 0 Å². The molecular weight excluding hydrogens is 252 g/mol. The first-order chi connectivity index (χ1) is 8.69. The highest BCUT2D eigenvalue weighted by molar-refractivity contribution is 6.30. The molecule has 5 heteroatoms. The van der Waals surface area contributed by atoms with Crippen LogP contribution in [0.2, 0.25) is 5.02 Å². The monoisotopic (exact) mass is 264 g/mol. The van der Waals surface area contributed by atoms with Gasteiger partial charge in [0.1, 0.15) is 12.0 Å². The summed E-state index contributed by atoms with van der Waals surface area (Å²) in [6.45, 7) is 0. The van der Waals surface area contributed by atoms with Gasteiger partial charge >= 0.3 is 0 Å². The molecule has 0 unspecified atom stereocenters. The van der Waals surface area contributed by atoms with Gasteiger partial charge in [-0.3, -0.25) is 4.79 Å². The molecule has 0 fully saturated rings. The number of rotatable bonds is 4. The van der Waals surface area contributed by atoms with E-state index in [1.54, 1.807) is 25.4 Å². The summed E-state index contributed by atoms with van der Waals surface area (Å²) in [5, 5.41) is 3.24. The maximum atomic E-state index is 11.1. The number of carbonyl (C=O) groups excluding carboxylic acids is 1. The molecule has 4 nitrogen and oxygen atoms in total. The second-order valence-electron chi connectivity index (χ2n) is 3.81. The maximum Gasteiger partial charge on any atom is 0.220 e. The highest BCUT2D eigenvalue weighted by Crippen LogP contribution is 2.21. The number of hydrogen-bond donors (Lipinski definition) is 1. The number of benzene rings is 1. The fourth-order valence-corrected chi connectivity index (χ4v) is 1.65. The SMILES string of the molecule is CNC(=O)CCc1nc(-c2ccc(Cl)cc2)co1. The number of oxazole rings is 1. The van der Waals surface area contributed by atoms with E-state index in [0.29, 0.717) is 23.8 Å². The summed E-state index contributed by atoms with van der Waals surface area (Å²) >= 11 is 5.82. The molecule has 2 rings (SSSR count). The number of nitrogens with one attached hydrogen (secondary N) is 1. The minimum Gasteiger partial charge on any atom is -0.448 e. The van der Waals surface area contributed by atoms with Gasteiger partial charge in [0.15, 0.2) is 5.89 Å². The van der Waals surface area contributed by atoms with Crippen molar-refractivity contribution in [1.82, 2.24) is 10.3 Å². The lowest BCUT2D eigenvalue weighted by Gasteiger charge is -1.96. The zero-order valence-corrected chi connectivity index (χ0v) is 10.7. The first-order valence-corrected chi connectivity index (χ1v) is 5.98. The van der Waals surface area contributed by atoms with Crippen molar-refractivity contribution >= 4 is 17.5 Å². The van der Waals surface area contributed by atoms with Crippen LogP contribution < -0.4 is 5.32 Å². The molecule has 0 aliphatic heterocycles. The highest BCUT2D eigenvalue weighted by Gasteiger charge is 2.08. The Morgan fingerprint density at radius 3 is 2.78 bits per heavy atom. The van der Waals surface area contributed by atoms with E-state index >= 15 is 0 Å². The molecule has 1 heterocycles. The topological polar surface area (TPSA) is 55.1 Å². The Hall–Kier alpha value is -1.81. The van der Waals surface area contributed by atoms with E-state index in [1.165, 1.54) is 0 Å². The third-order valence-corrected chi connectivity index (χ3v) is 2.79.